The van der Waals surface area contributed by atoms with E-state index in [1.807, 2.05) is 78.9 Å². The maximum atomic E-state index is 13.6. The smallest absolute Gasteiger partial charge is 0.313 e. The van der Waals surface area contributed by atoms with Gasteiger partial charge in [0.15, 0.2) is 0 Å². The van der Waals surface area contributed by atoms with Crippen molar-refractivity contribution in [3.05, 3.63) is 130 Å². The van der Waals surface area contributed by atoms with Crippen molar-refractivity contribution in [1.82, 2.24) is 0 Å². The second-order valence-corrected chi connectivity index (χ2v) is 12.8. The summed E-state index contributed by atoms with van der Waals surface area (Å²) < 4.78 is 23.2. The zero-order chi connectivity index (χ0) is 32.8. The number of aliphatic hydroxyl groups excluding tert-OH is 1. The summed E-state index contributed by atoms with van der Waals surface area (Å²) in [5.41, 5.74) is 4.68. The highest BCUT2D eigenvalue weighted by atomic mass is 16.6. The number of benzene rings is 4. The van der Waals surface area contributed by atoms with Crippen LogP contribution in [0.15, 0.2) is 97.1 Å². The molecule has 1 saturated heterocycles. The van der Waals surface area contributed by atoms with Crippen LogP contribution in [0.2, 0.25) is 0 Å². The van der Waals surface area contributed by atoms with Crippen LogP contribution < -0.4 is 9.47 Å². The van der Waals surface area contributed by atoms with Gasteiger partial charge in [-0.15, -0.1) is 0 Å². The van der Waals surface area contributed by atoms with E-state index in [1.54, 1.807) is 41.1 Å². The number of methoxy groups -OCH3 is 2. The molecule has 1 aliphatic rings. The molecule has 0 aromatic heterocycles. The van der Waals surface area contributed by atoms with Crippen molar-refractivity contribution in [2.75, 3.05) is 20.8 Å². The predicted octanol–water partition coefficient (Wildman–Crippen LogP) is 7.04. The van der Waals surface area contributed by atoms with Gasteiger partial charge >= 0.3 is 11.9 Å². The molecule has 7 heteroatoms. The normalized spacial score (nSPS) is 18.5. The summed E-state index contributed by atoms with van der Waals surface area (Å²) in [4.78, 5) is 26.4. The molecular formula is C39H42O7. The number of esters is 2. The van der Waals surface area contributed by atoms with Crippen molar-refractivity contribution < 1.29 is 33.6 Å². The molecule has 0 aliphatic carbocycles. The van der Waals surface area contributed by atoms with E-state index in [0.717, 1.165) is 22.3 Å². The Morgan fingerprint density at radius 3 is 1.89 bits per heavy atom. The topological polar surface area (TPSA) is 91.3 Å². The van der Waals surface area contributed by atoms with Crippen LogP contribution in [-0.2, 0) is 31.9 Å². The van der Waals surface area contributed by atoms with E-state index in [0.29, 0.717) is 35.5 Å². The number of ether oxygens (including phenoxy) is 4. The van der Waals surface area contributed by atoms with Crippen LogP contribution in [0.5, 0.6) is 11.5 Å². The fourth-order valence-electron chi connectivity index (χ4n) is 5.93. The molecule has 7 nitrogen and oxygen atoms in total. The second-order valence-electron chi connectivity index (χ2n) is 12.8. The number of hydrogen-bond acceptors (Lipinski definition) is 7. The van der Waals surface area contributed by atoms with E-state index >= 15 is 0 Å². The lowest BCUT2D eigenvalue weighted by molar-refractivity contribution is -0.156. The summed E-state index contributed by atoms with van der Waals surface area (Å²) >= 11 is 0. The van der Waals surface area contributed by atoms with Crippen molar-refractivity contribution in [2.24, 2.45) is 17.3 Å². The van der Waals surface area contributed by atoms with Gasteiger partial charge in [0.25, 0.3) is 0 Å². The van der Waals surface area contributed by atoms with Gasteiger partial charge in [0, 0.05) is 12.8 Å². The number of carbonyl (C=O) groups is 2. The Labute approximate surface area is 271 Å². The molecule has 0 bridgehead atoms. The first kappa shape index (κ1) is 32.8. The molecule has 0 unspecified atom stereocenters. The van der Waals surface area contributed by atoms with Crippen LogP contribution in [0.4, 0.5) is 0 Å². The van der Waals surface area contributed by atoms with Crippen molar-refractivity contribution in [2.45, 2.75) is 45.8 Å². The molecule has 1 heterocycles. The number of cyclic esters (lactones) is 1. The van der Waals surface area contributed by atoms with Gasteiger partial charge in [-0.3, -0.25) is 9.59 Å². The Balaban J connectivity index is 1.45. The van der Waals surface area contributed by atoms with E-state index in [1.165, 1.54) is 0 Å². The summed E-state index contributed by atoms with van der Waals surface area (Å²) in [5, 5.41) is 11.7. The quantitative estimate of drug-likeness (QED) is 0.180. The highest BCUT2D eigenvalue weighted by Crippen LogP contribution is 2.46. The van der Waals surface area contributed by atoms with E-state index in [9.17, 15) is 14.7 Å². The monoisotopic (exact) mass is 622 g/mol. The fraction of sp³-hybridized carbons (Fsp3) is 0.333. The average Bonchev–Trinajstić information content (AvgIpc) is 3.39. The van der Waals surface area contributed by atoms with Crippen molar-refractivity contribution in [3.63, 3.8) is 0 Å². The summed E-state index contributed by atoms with van der Waals surface area (Å²) in [6.45, 7) is 5.21. The maximum absolute atomic E-state index is 13.6. The zero-order valence-corrected chi connectivity index (χ0v) is 27.1. The minimum absolute atomic E-state index is 0.106. The van der Waals surface area contributed by atoms with Gasteiger partial charge in [0.2, 0.25) is 0 Å². The minimum Gasteiger partial charge on any atom is -0.496 e. The van der Waals surface area contributed by atoms with Crippen LogP contribution in [0, 0.1) is 17.3 Å². The SMILES string of the molecule is COc1cc([C@@H](O)[C@H]2C(=O)O[C@H](c3ccc(Cc4ccccc4)c(OC)c3)[C@@H]2COC(=O)C(C)(C)C)ccc1Cc1ccccc1. The summed E-state index contributed by atoms with van der Waals surface area (Å²) in [6, 6.07) is 31.3. The zero-order valence-electron chi connectivity index (χ0n) is 27.1. The number of carbonyl (C=O) groups excluding carboxylic acids is 2. The maximum Gasteiger partial charge on any atom is 0.313 e. The van der Waals surface area contributed by atoms with Crippen molar-refractivity contribution in [1.29, 1.82) is 0 Å². The summed E-state index contributed by atoms with van der Waals surface area (Å²) in [6.07, 6.45) is -0.666. The molecule has 5 rings (SSSR count). The first-order valence-electron chi connectivity index (χ1n) is 15.6. The Kier molecular flexibility index (Phi) is 10.1. The van der Waals surface area contributed by atoms with E-state index in [-0.39, 0.29) is 6.61 Å². The molecular weight excluding hydrogens is 580 g/mol. The first-order valence-corrected chi connectivity index (χ1v) is 15.6. The van der Waals surface area contributed by atoms with Gasteiger partial charge in [-0.2, -0.15) is 0 Å². The highest BCUT2D eigenvalue weighted by Gasteiger charge is 2.50. The molecule has 46 heavy (non-hydrogen) atoms. The van der Waals surface area contributed by atoms with Crippen LogP contribution in [-0.4, -0.2) is 37.9 Å². The lowest BCUT2D eigenvalue weighted by atomic mass is 9.81. The van der Waals surface area contributed by atoms with E-state index in [2.05, 4.69) is 12.1 Å². The third-order valence-corrected chi connectivity index (χ3v) is 8.49. The molecule has 0 spiro atoms. The van der Waals surface area contributed by atoms with Crippen molar-refractivity contribution >= 4 is 11.9 Å². The predicted molar refractivity (Wildman–Crippen MR) is 176 cm³/mol. The molecule has 1 fully saturated rings. The molecule has 4 aromatic rings. The Hall–Kier alpha value is -4.62. The average molecular weight is 623 g/mol. The largest absolute Gasteiger partial charge is 0.496 e. The van der Waals surface area contributed by atoms with Gasteiger partial charge in [-0.1, -0.05) is 84.9 Å². The molecule has 4 aromatic carbocycles. The number of aliphatic hydroxyl groups is 1. The van der Waals surface area contributed by atoms with Crippen LogP contribution >= 0.6 is 0 Å². The Bertz CT molecular complexity index is 1640. The van der Waals surface area contributed by atoms with Gasteiger partial charge in [0.1, 0.15) is 17.6 Å². The van der Waals surface area contributed by atoms with Crippen LogP contribution in [0.3, 0.4) is 0 Å². The van der Waals surface area contributed by atoms with Gasteiger partial charge in [0.05, 0.1) is 44.2 Å². The second kappa shape index (κ2) is 14.2. The lowest BCUT2D eigenvalue weighted by Crippen LogP contribution is -2.31. The fourth-order valence-corrected chi connectivity index (χ4v) is 5.93. The number of hydrogen-bond donors (Lipinski definition) is 1. The molecule has 1 aliphatic heterocycles. The van der Waals surface area contributed by atoms with E-state index < -0.39 is 41.4 Å². The first-order chi connectivity index (χ1) is 22.1. The lowest BCUT2D eigenvalue weighted by Gasteiger charge is -2.26. The van der Waals surface area contributed by atoms with Gasteiger partial charge in [-0.25, -0.2) is 0 Å². The minimum atomic E-state index is -1.23. The standard InChI is InChI=1S/C39H42O7/c1-39(2,3)38(42)45-24-31-34(35(40)29-18-16-27(32(22-29)43-4)20-25-12-8-6-9-13-25)37(41)46-36(31)30-19-17-28(33(23-30)44-5)21-26-14-10-7-11-15-26/h6-19,22-23,31,34-36,40H,20-21,24H2,1-5H3/t31-,34+,35-,36-/m1/s1. The summed E-state index contributed by atoms with van der Waals surface area (Å²) in [7, 11) is 3.20. The Morgan fingerprint density at radius 1 is 0.804 bits per heavy atom. The van der Waals surface area contributed by atoms with Crippen LogP contribution in [0.1, 0.15) is 66.4 Å². The molecule has 0 amide bonds. The van der Waals surface area contributed by atoms with Gasteiger partial charge in [-0.05, 0) is 66.3 Å². The highest BCUT2D eigenvalue weighted by molar-refractivity contribution is 5.78. The third-order valence-electron chi connectivity index (χ3n) is 8.49. The van der Waals surface area contributed by atoms with E-state index in [4.69, 9.17) is 18.9 Å². The molecule has 0 radical (unpaired) electrons. The van der Waals surface area contributed by atoms with Gasteiger partial charge < -0.3 is 24.1 Å². The van der Waals surface area contributed by atoms with Crippen LogP contribution in [0.25, 0.3) is 0 Å². The molecule has 1 N–H and O–H groups in total. The van der Waals surface area contributed by atoms with Crippen molar-refractivity contribution in [3.8, 4) is 11.5 Å². The molecule has 0 saturated carbocycles. The molecule has 4 atom stereocenters. The third kappa shape index (κ3) is 7.43. The number of rotatable bonds is 11. The molecule has 240 valence electrons. The Morgan fingerprint density at radius 2 is 1.35 bits per heavy atom. The summed E-state index contributed by atoms with van der Waals surface area (Å²) in [5.74, 6) is -1.34.